The molecule has 1 amide bonds. The normalized spacial score (nSPS) is 24.5. The molecule has 0 spiro atoms. The first-order valence-electron chi connectivity index (χ1n) is 7.25. The minimum atomic E-state index is -4.34. The van der Waals surface area contributed by atoms with E-state index >= 15 is 0 Å². The van der Waals surface area contributed by atoms with Crippen LogP contribution in [0.25, 0.3) is 0 Å². The van der Waals surface area contributed by atoms with Gasteiger partial charge in [0.2, 0.25) is 5.91 Å². The quantitative estimate of drug-likeness (QED) is 0.784. The van der Waals surface area contributed by atoms with Crippen molar-refractivity contribution in [2.45, 2.75) is 18.6 Å². The van der Waals surface area contributed by atoms with E-state index in [0.29, 0.717) is 24.7 Å². The Hall–Kier alpha value is -1.98. The number of amides is 1. The SMILES string of the molecule is C=CC(=O)N1CC2CCN(c3cccc(C(F)(F)F)c3)C2C1. The molecule has 22 heavy (non-hydrogen) atoms. The van der Waals surface area contributed by atoms with E-state index in [2.05, 4.69) is 6.58 Å². The lowest BCUT2D eigenvalue weighted by atomic mass is 10.0. The van der Waals surface area contributed by atoms with E-state index in [1.165, 1.54) is 18.2 Å². The maximum Gasteiger partial charge on any atom is 0.416 e. The van der Waals surface area contributed by atoms with E-state index in [1.807, 2.05) is 4.90 Å². The Balaban J connectivity index is 1.82. The summed E-state index contributed by atoms with van der Waals surface area (Å²) in [5, 5.41) is 0. The van der Waals surface area contributed by atoms with Gasteiger partial charge in [0.1, 0.15) is 0 Å². The molecule has 1 aromatic rings. The second-order valence-corrected chi connectivity index (χ2v) is 5.80. The number of hydrogen-bond donors (Lipinski definition) is 0. The molecule has 3 rings (SSSR count). The summed E-state index contributed by atoms with van der Waals surface area (Å²) in [6.07, 6.45) is -2.16. The Kier molecular flexibility index (Phi) is 3.62. The molecule has 0 N–H and O–H groups in total. The summed E-state index contributed by atoms with van der Waals surface area (Å²) in [7, 11) is 0. The Bertz CT molecular complexity index is 599. The van der Waals surface area contributed by atoms with Crippen LogP contribution in [0.5, 0.6) is 0 Å². The predicted molar refractivity (Wildman–Crippen MR) is 77.5 cm³/mol. The van der Waals surface area contributed by atoms with E-state index in [9.17, 15) is 18.0 Å². The minimum Gasteiger partial charge on any atom is -0.366 e. The molecular weight excluding hydrogens is 293 g/mol. The average Bonchev–Trinajstić information content (AvgIpc) is 3.05. The van der Waals surface area contributed by atoms with Crippen LogP contribution < -0.4 is 4.90 Å². The molecule has 2 fully saturated rings. The van der Waals surface area contributed by atoms with Crippen molar-refractivity contribution in [3.8, 4) is 0 Å². The molecular formula is C16H17F3N2O. The number of rotatable bonds is 2. The molecule has 1 aromatic carbocycles. The van der Waals surface area contributed by atoms with Gasteiger partial charge in [0.15, 0.2) is 0 Å². The molecule has 2 unspecified atom stereocenters. The molecule has 118 valence electrons. The zero-order valence-electron chi connectivity index (χ0n) is 12.0. The number of likely N-dealkylation sites (tertiary alicyclic amines) is 1. The van der Waals surface area contributed by atoms with Crippen molar-refractivity contribution in [1.82, 2.24) is 4.90 Å². The first-order valence-corrected chi connectivity index (χ1v) is 7.25. The summed E-state index contributed by atoms with van der Waals surface area (Å²) >= 11 is 0. The fourth-order valence-corrected chi connectivity index (χ4v) is 3.45. The third-order valence-corrected chi connectivity index (χ3v) is 4.54. The molecule has 0 aliphatic carbocycles. The zero-order valence-corrected chi connectivity index (χ0v) is 12.0. The second kappa shape index (κ2) is 5.34. The topological polar surface area (TPSA) is 23.6 Å². The van der Waals surface area contributed by atoms with Crippen LogP contribution >= 0.6 is 0 Å². The minimum absolute atomic E-state index is 0.0902. The standard InChI is InChI=1S/C16H17F3N2O/c1-2-15(22)20-9-11-6-7-21(14(11)10-20)13-5-3-4-12(8-13)16(17,18)19/h2-5,8,11,14H,1,6-7,9-10H2. The first-order chi connectivity index (χ1) is 10.4. The number of carbonyl (C=O) groups excluding carboxylic acids is 1. The fraction of sp³-hybridized carbons (Fsp3) is 0.438. The lowest BCUT2D eigenvalue weighted by molar-refractivity contribution is -0.137. The molecule has 0 radical (unpaired) electrons. The maximum absolute atomic E-state index is 12.9. The van der Waals surface area contributed by atoms with Crippen LogP contribution in [0.1, 0.15) is 12.0 Å². The summed E-state index contributed by atoms with van der Waals surface area (Å²) in [6.45, 7) is 5.42. The first kappa shape index (κ1) is 14.9. The fourth-order valence-electron chi connectivity index (χ4n) is 3.45. The van der Waals surface area contributed by atoms with Gasteiger partial charge in [-0.3, -0.25) is 4.79 Å². The van der Waals surface area contributed by atoms with Gasteiger partial charge in [-0.2, -0.15) is 13.2 Å². The summed E-state index contributed by atoms with van der Waals surface area (Å²) in [5.74, 6) is 0.205. The van der Waals surface area contributed by atoms with Gasteiger partial charge in [0.25, 0.3) is 0 Å². The van der Waals surface area contributed by atoms with Gasteiger partial charge in [-0.05, 0) is 30.7 Å². The molecule has 0 bridgehead atoms. The third kappa shape index (κ3) is 2.58. The highest BCUT2D eigenvalue weighted by Crippen LogP contribution is 2.37. The summed E-state index contributed by atoms with van der Waals surface area (Å²) < 4.78 is 38.6. The van der Waals surface area contributed by atoms with Crippen LogP contribution in [0.2, 0.25) is 0 Å². The summed E-state index contributed by atoms with van der Waals surface area (Å²) in [4.78, 5) is 15.4. The highest BCUT2D eigenvalue weighted by atomic mass is 19.4. The molecule has 2 heterocycles. The number of fused-ring (bicyclic) bond motifs is 1. The molecule has 0 saturated carbocycles. The Labute approximate surface area is 127 Å². The zero-order chi connectivity index (χ0) is 15.9. The number of halogens is 3. The van der Waals surface area contributed by atoms with Crippen molar-refractivity contribution in [3.63, 3.8) is 0 Å². The molecule has 2 atom stereocenters. The van der Waals surface area contributed by atoms with Gasteiger partial charge in [-0.1, -0.05) is 12.6 Å². The molecule has 2 aliphatic rings. The van der Waals surface area contributed by atoms with Crippen molar-refractivity contribution in [1.29, 1.82) is 0 Å². The van der Waals surface area contributed by atoms with Gasteiger partial charge in [-0.15, -0.1) is 0 Å². The van der Waals surface area contributed by atoms with Crippen molar-refractivity contribution in [2.24, 2.45) is 5.92 Å². The summed E-state index contributed by atoms with van der Waals surface area (Å²) in [6, 6.07) is 5.51. The lowest BCUT2D eigenvalue weighted by Gasteiger charge is -2.27. The van der Waals surface area contributed by atoms with Crippen LogP contribution in [-0.2, 0) is 11.0 Å². The van der Waals surface area contributed by atoms with Gasteiger partial charge in [0.05, 0.1) is 11.6 Å². The monoisotopic (exact) mass is 310 g/mol. The van der Waals surface area contributed by atoms with Crippen molar-refractivity contribution in [3.05, 3.63) is 42.5 Å². The molecule has 0 aromatic heterocycles. The van der Waals surface area contributed by atoms with Crippen molar-refractivity contribution >= 4 is 11.6 Å². The Morgan fingerprint density at radius 2 is 2.09 bits per heavy atom. The van der Waals surface area contributed by atoms with E-state index in [4.69, 9.17) is 0 Å². The van der Waals surface area contributed by atoms with E-state index in [0.717, 1.165) is 19.0 Å². The number of anilines is 1. The van der Waals surface area contributed by atoms with Gasteiger partial charge >= 0.3 is 6.18 Å². The van der Waals surface area contributed by atoms with Gasteiger partial charge in [0, 0.05) is 31.2 Å². The van der Waals surface area contributed by atoms with E-state index in [-0.39, 0.29) is 11.9 Å². The molecule has 2 aliphatic heterocycles. The number of hydrogen-bond acceptors (Lipinski definition) is 2. The third-order valence-electron chi connectivity index (χ3n) is 4.54. The van der Waals surface area contributed by atoms with Crippen molar-refractivity contribution < 1.29 is 18.0 Å². The van der Waals surface area contributed by atoms with E-state index < -0.39 is 11.7 Å². The highest BCUT2D eigenvalue weighted by Gasteiger charge is 2.42. The Morgan fingerprint density at radius 1 is 1.32 bits per heavy atom. The number of carbonyl (C=O) groups is 1. The van der Waals surface area contributed by atoms with Crippen LogP contribution in [-0.4, -0.2) is 36.5 Å². The largest absolute Gasteiger partial charge is 0.416 e. The smallest absolute Gasteiger partial charge is 0.366 e. The number of alkyl halides is 3. The van der Waals surface area contributed by atoms with Crippen LogP contribution in [0.15, 0.2) is 36.9 Å². The molecule has 6 heteroatoms. The predicted octanol–water partition coefficient (Wildman–Crippen LogP) is 2.93. The average molecular weight is 310 g/mol. The maximum atomic E-state index is 12.9. The van der Waals surface area contributed by atoms with Gasteiger partial charge < -0.3 is 9.80 Å². The highest BCUT2D eigenvalue weighted by molar-refractivity contribution is 5.87. The van der Waals surface area contributed by atoms with Crippen LogP contribution in [0.3, 0.4) is 0 Å². The number of nitrogens with zero attached hydrogens (tertiary/aromatic N) is 2. The van der Waals surface area contributed by atoms with Crippen LogP contribution in [0, 0.1) is 5.92 Å². The molecule has 3 nitrogen and oxygen atoms in total. The van der Waals surface area contributed by atoms with Crippen LogP contribution in [0.4, 0.5) is 18.9 Å². The summed E-state index contributed by atoms with van der Waals surface area (Å²) in [5.41, 5.74) is -0.0549. The Morgan fingerprint density at radius 3 is 2.77 bits per heavy atom. The van der Waals surface area contributed by atoms with Gasteiger partial charge in [-0.25, -0.2) is 0 Å². The van der Waals surface area contributed by atoms with Crippen molar-refractivity contribution in [2.75, 3.05) is 24.5 Å². The molecule has 2 saturated heterocycles. The lowest BCUT2D eigenvalue weighted by Crippen LogP contribution is -2.36. The number of benzene rings is 1. The second-order valence-electron chi connectivity index (χ2n) is 5.80. The van der Waals surface area contributed by atoms with E-state index in [1.54, 1.807) is 11.0 Å².